The Morgan fingerprint density at radius 3 is 2.54 bits per heavy atom. The van der Waals surface area contributed by atoms with Gasteiger partial charge in [0.05, 0.1) is 26.9 Å². The molecular weight excluding hydrogens is 579 g/mol. The van der Waals surface area contributed by atoms with E-state index >= 15 is 0 Å². The van der Waals surface area contributed by atoms with E-state index in [1.165, 1.54) is 0 Å². The number of amides is 2. The van der Waals surface area contributed by atoms with Gasteiger partial charge in [-0.1, -0.05) is 61.3 Å². The Morgan fingerprint density at radius 1 is 1.15 bits per heavy atom. The Hall–Kier alpha value is -1.68. The predicted octanol–water partition coefficient (Wildman–Crippen LogP) is 4.26. The smallest absolute Gasteiger partial charge is 0.243 e. The fourth-order valence-corrected chi connectivity index (χ4v) is 7.09. The Balaban J connectivity index is 0.00000420. The van der Waals surface area contributed by atoms with Crippen molar-refractivity contribution >= 4 is 58.2 Å². The van der Waals surface area contributed by atoms with Gasteiger partial charge in [0.1, 0.15) is 6.04 Å². The molecule has 2 saturated heterocycles. The summed E-state index contributed by atoms with van der Waals surface area (Å²) in [4.78, 5) is 32.1. The molecule has 0 saturated carbocycles. The summed E-state index contributed by atoms with van der Waals surface area (Å²) in [7, 11) is -1.20. The highest BCUT2D eigenvalue weighted by atomic mass is 35.5. The van der Waals surface area contributed by atoms with E-state index < -0.39 is 22.9 Å². The summed E-state index contributed by atoms with van der Waals surface area (Å²) in [5, 5.41) is 3.88. The van der Waals surface area contributed by atoms with E-state index in [4.69, 9.17) is 28.9 Å². The Labute approximate surface area is 249 Å². The summed E-state index contributed by atoms with van der Waals surface area (Å²) in [5.74, 6) is 0.363. The summed E-state index contributed by atoms with van der Waals surface area (Å²) in [6.07, 6.45) is 1.70. The lowest BCUT2D eigenvalue weighted by atomic mass is 10.00. The summed E-state index contributed by atoms with van der Waals surface area (Å²) in [5.41, 5.74) is 7.15. The molecule has 2 heterocycles. The molecule has 3 N–H and O–H groups in total. The molecule has 4 rings (SSSR count). The molecule has 2 aliphatic heterocycles. The lowest BCUT2D eigenvalue weighted by Crippen LogP contribution is -2.53. The number of nitrogens with one attached hydrogen (secondary N) is 1. The van der Waals surface area contributed by atoms with E-state index in [0.717, 1.165) is 10.5 Å². The van der Waals surface area contributed by atoms with Crippen molar-refractivity contribution < 1.29 is 13.8 Å². The van der Waals surface area contributed by atoms with Gasteiger partial charge in [0.2, 0.25) is 11.8 Å². The van der Waals surface area contributed by atoms with Crippen molar-refractivity contribution in [2.45, 2.75) is 68.7 Å². The molecule has 0 aromatic heterocycles. The van der Waals surface area contributed by atoms with Crippen LogP contribution in [0.2, 0.25) is 10.0 Å². The van der Waals surface area contributed by atoms with Crippen LogP contribution in [0.3, 0.4) is 0 Å². The lowest BCUT2D eigenvalue weighted by Gasteiger charge is -2.33. The van der Waals surface area contributed by atoms with Crippen molar-refractivity contribution in [3.05, 3.63) is 64.1 Å². The molecule has 0 spiro atoms. The van der Waals surface area contributed by atoms with Crippen molar-refractivity contribution in [1.82, 2.24) is 15.1 Å². The van der Waals surface area contributed by atoms with Crippen molar-refractivity contribution in [2.75, 3.05) is 18.8 Å². The average molecular weight is 616 g/mol. The number of fused-ring (bicyclic) bond motifs is 1. The zero-order valence-corrected chi connectivity index (χ0v) is 25.4. The Bertz CT molecular complexity index is 1170. The van der Waals surface area contributed by atoms with Gasteiger partial charge in [-0.25, -0.2) is 0 Å². The molecule has 2 aliphatic rings. The first-order valence-corrected chi connectivity index (χ1v) is 15.2. The van der Waals surface area contributed by atoms with Crippen molar-refractivity contribution in [1.29, 1.82) is 0 Å². The van der Waals surface area contributed by atoms with Crippen LogP contribution in [-0.4, -0.2) is 68.8 Å². The van der Waals surface area contributed by atoms with Gasteiger partial charge in [-0.3, -0.25) is 18.7 Å². The predicted molar refractivity (Wildman–Crippen MR) is 160 cm³/mol. The van der Waals surface area contributed by atoms with Crippen LogP contribution >= 0.6 is 35.6 Å². The van der Waals surface area contributed by atoms with E-state index in [0.29, 0.717) is 48.2 Å². The van der Waals surface area contributed by atoms with Gasteiger partial charge in [-0.05, 0) is 55.0 Å². The minimum atomic E-state index is -1.20. The second-order valence-electron chi connectivity index (χ2n) is 10.6. The van der Waals surface area contributed by atoms with E-state index in [1.54, 1.807) is 17.0 Å². The average Bonchev–Trinajstić information content (AvgIpc) is 3.24. The SMILES string of the molecule is CC(C)C[C@H](C(=O)NCc1ccc(Cl)c(Cl)c1)N1CCC(CS(=O)c2ccccc2)N2C[C@H](N)C[C@H]2C1=O.Cl. The molecule has 0 aliphatic carbocycles. The lowest BCUT2D eigenvalue weighted by molar-refractivity contribution is -0.143. The minimum absolute atomic E-state index is 0. The molecule has 2 amide bonds. The molecule has 2 fully saturated rings. The topological polar surface area (TPSA) is 95.7 Å². The quantitative estimate of drug-likeness (QED) is 0.440. The third kappa shape index (κ3) is 7.96. The number of carbonyl (C=O) groups is 2. The number of hydrogen-bond donors (Lipinski definition) is 2. The number of nitrogens with two attached hydrogens (primary N) is 1. The monoisotopic (exact) mass is 614 g/mol. The standard InChI is InChI=1S/C28H36Cl2N4O3S.ClH/c1-18(2)12-25(27(35)32-15-19-8-9-23(29)24(30)13-19)33-11-10-21(17-38(37)22-6-4-3-5-7-22)34-16-20(31)14-26(34)28(33)36;/h3-9,13,18,20-21,25-26H,10-12,14-17,31H2,1-2H3,(H,32,35);1H/t20-,21?,25-,26+,38?;/m1./s1. The number of carbonyl (C=O) groups excluding carboxylic acids is 2. The second-order valence-corrected chi connectivity index (χ2v) is 12.9. The molecule has 11 heteroatoms. The van der Waals surface area contributed by atoms with Crippen LogP contribution in [0.25, 0.3) is 0 Å². The number of nitrogens with zero attached hydrogens (tertiary/aromatic N) is 2. The zero-order chi connectivity index (χ0) is 27.4. The first-order valence-electron chi connectivity index (χ1n) is 13.1. The van der Waals surface area contributed by atoms with Crippen LogP contribution in [0.4, 0.5) is 0 Å². The van der Waals surface area contributed by atoms with Crippen LogP contribution < -0.4 is 11.1 Å². The molecule has 2 unspecified atom stereocenters. The Morgan fingerprint density at radius 2 is 1.87 bits per heavy atom. The van der Waals surface area contributed by atoms with E-state index in [9.17, 15) is 13.8 Å². The molecule has 39 heavy (non-hydrogen) atoms. The number of halogens is 3. The number of benzene rings is 2. The van der Waals surface area contributed by atoms with Gasteiger partial charge < -0.3 is 16.0 Å². The molecule has 5 atom stereocenters. The molecular formula is C28H37Cl3N4O3S. The summed E-state index contributed by atoms with van der Waals surface area (Å²) < 4.78 is 13.2. The summed E-state index contributed by atoms with van der Waals surface area (Å²) in [6.45, 7) is 5.39. The van der Waals surface area contributed by atoms with Crippen molar-refractivity contribution in [3.63, 3.8) is 0 Å². The largest absolute Gasteiger partial charge is 0.350 e. The van der Waals surface area contributed by atoms with Crippen LogP contribution in [0, 0.1) is 5.92 Å². The molecule has 214 valence electrons. The number of hydrogen-bond acceptors (Lipinski definition) is 5. The molecule has 2 aromatic carbocycles. The fraction of sp³-hybridized carbons (Fsp3) is 0.500. The maximum atomic E-state index is 13.9. The third-order valence-corrected chi connectivity index (χ3v) is 9.51. The highest BCUT2D eigenvalue weighted by Gasteiger charge is 2.46. The van der Waals surface area contributed by atoms with E-state index in [-0.39, 0.29) is 48.8 Å². The van der Waals surface area contributed by atoms with Crippen molar-refractivity contribution in [3.8, 4) is 0 Å². The maximum Gasteiger partial charge on any atom is 0.243 e. The molecule has 0 radical (unpaired) electrons. The van der Waals surface area contributed by atoms with Crippen LogP contribution in [0.5, 0.6) is 0 Å². The molecule has 2 aromatic rings. The normalized spacial score (nSPS) is 23.1. The minimum Gasteiger partial charge on any atom is -0.350 e. The highest BCUT2D eigenvalue weighted by molar-refractivity contribution is 7.85. The summed E-state index contributed by atoms with van der Waals surface area (Å²) >= 11 is 12.2. The number of rotatable bonds is 9. The second kappa shape index (κ2) is 14.3. The van der Waals surface area contributed by atoms with Gasteiger partial charge in [0.25, 0.3) is 0 Å². The van der Waals surface area contributed by atoms with Crippen LogP contribution in [-0.2, 0) is 26.9 Å². The van der Waals surface area contributed by atoms with Crippen molar-refractivity contribution in [2.24, 2.45) is 11.7 Å². The molecule has 7 nitrogen and oxygen atoms in total. The first-order chi connectivity index (χ1) is 18.1. The van der Waals surface area contributed by atoms with Gasteiger partial charge in [0.15, 0.2) is 0 Å². The fourth-order valence-electron chi connectivity index (χ4n) is 5.41. The summed E-state index contributed by atoms with van der Waals surface area (Å²) in [6, 6.07) is 13.4. The Kier molecular flexibility index (Phi) is 11.7. The zero-order valence-electron chi connectivity index (χ0n) is 22.2. The molecule has 0 bridgehead atoms. The third-order valence-electron chi connectivity index (χ3n) is 7.29. The van der Waals surface area contributed by atoms with E-state index in [1.807, 2.05) is 50.2 Å². The van der Waals surface area contributed by atoms with Gasteiger partial charge in [-0.15, -0.1) is 12.4 Å². The van der Waals surface area contributed by atoms with Gasteiger partial charge in [0, 0.05) is 42.4 Å². The highest BCUT2D eigenvalue weighted by Crippen LogP contribution is 2.30. The maximum absolute atomic E-state index is 13.9. The van der Waals surface area contributed by atoms with Gasteiger partial charge in [-0.2, -0.15) is 0 Å². The van der Waals surface area contributed by atoms with Crippen LogP contribution in [0.1, 0.15) is 38.7 Å². The van der Waals surface area contributed by atoms with Gasteiger partial charge >= 0.3 is 0 Å². The first kappa shape index (κ1) is 31.8. The van der Waals surface area contributed by atoms with E-state index in [2.05, 4.69) is 10.2 Å². The van der Waals surface area contributed by atoms with Crippen LogP contribution in [0.15, 0.2) is 53.4 Å².